The highest BCUT2D eigenvalue weighted by atomic mass is 19.1. The summed E-state index contributed by atoms with van der Waals surface area (Å²) in [6.45, 7) is 10.9. The highest BCUT2D eigenvalue weighted by Crippen LogP contribution is 2.34. The zero-order valence-electron chi connectivity index (χ0n) is 11.7. The summed E-state index contributed by atoms with van der Waals surface area (Å²) in [7, 11) is 0. The van der Waals surface area contributed by atoms with Gasteiger partial charge in [0, 0.05) is 0 Å². The molecule has 2 heteroatoms. The minimum atomic E-state index is -1.14. The normalized spacial score (nSPS) is 21.6. The summed E-state index contributed by atoms with van der Waals surface area (Å²) in [4.78, 5) is 0. The Hall–Kier alpha value is -0.140. The maximum atomic E-state index is 14.2. The molecule has 0 radical (unpaired) electrons. The molecule has 0 heterocycles. The van der Waals surface area contributed by atoms with E-state index in [9.17, 15) is 8.78 Å². The van der Waals surface area contributed by atoms with Crippen LogP contribution < -0.4 is 0 Å². The molecule has 98 valence electrons. The Labute approximate surface area is 99.8 Å². The van der Waals surface area contributed by atoms with Crippen LogP contribution in [0.4, 0.5) is 8.78 Å². The van der Waals surface area contributed by atoms with Crippen molar-refractivity contribution in [1.82, 2.24) is 0 Å². The van der Waals surface area contributed by atoms with E-state index in [1.807, 2.05) is 27.7 Å². The molecule has 0 aromatic carbocycles. The second kappa shape index (κ2) is 5.97. The van der Waals surface area contributed by atoms with Crippen LogP contribution in [-0.2, 0) is 0 Å². The smallest absolute Gasteiger partial charge is 0.113 e. The predicted octanol–water partition coefficient (Wildman–Crippen LogP) is 5.32. The molecule has 3 atom stereocenters. The van der Waals surface area contributed by atoms with Crippen LogP contribution in [0.25, 0.3) is 0 Å². The maximum absolute atomic E-state index is 14.2. The summed E-state index contributed by atoms with van der Waals surface area (Å²) in [6.07, 6.45) is 2.62. The summed E-state index contributed by atoms with van der Waals surface area (Å²) in [6, 6.07) is 0. The van der Waals surface area contributed by atoms with Crippen LogP contribution in [0.15, 0.2) is 0 Å². The Kier molecular flexibility index (Phi) is 5.92. The van der Waals surface area contributed by atoms with Crippen molar-refractivity contribution >= 4 is 0 Å². The lowest BCUT2D eigenvalue weighted by Crippen LogP contribution is -2.33. The van der Waals surface area contributed by atoms with Gasteiger partial charge in [-0.25, -0.2) is 8.78 Å². The van der Waals surface area contributed by atoms with Crippen LogP contribution in [0.5, 0.6) is 0 Å². The molecule has 0 saturated heterocycles. The van der Waals surface area contributed by atoms with Crippen molar-refractivity contribution in [3.05, 3.63) is 0 Å². The molecule has 16 heavy (non-hydrogen) atoms. The van der Waals surface area contributed by atoms with E-state index >= 15 is 0 Å². The van der Waals surface area contributed by atoms with Crippen LogP contribution >= 0.6 is 0 Å². The minimum absolute atomic E-state index is 0.000145. The van der Waals surface area contributed by atoms with Crippen molar-refractivity contribution in [2.75, 3.05) is 0 Å². The van der Waals surface area contributed by atoms with Crippen molar-refractivity contribution < 1.29 is 8.78 Å². The minimum Gasteiger partial charge on any atom is -0.244 e. The van der Waals surface area contributed by atoms with E-state index in [1.165, 1.54) is 0 Å². The highest BCUT2D eigenvalue weighted by molar-refractivity contribution is 4.83. The Balaban J connectivity index is 4.04. The van der Waals surface area contributed by atoms with Crippen molar-refractivity contribution in [2.45, 2.75) is 78.6 Å². The van der Waals surface area contributed by atoms with Crippen LogP contribution in [0.2, 0.25) is 0 Å². The zero-order chi connectivity index (χ0) is 13.0. The fourth-order valence-electron chi connectivity index (χ4n) is 1.80. The molecule has 0 aromatic heterocycles. The first-order chi connectivity index (χ1) is 7.13. The van der Waals surface area contributed by atoms with Crippen molar-refractivity contribution in [3.63, 3.8) is 0 Å². The first kappa shape index (κ1) is 15.9. The van der Waals surface area contributed by atoms with Crippen LogP contribution in [0, 0.1) is 11.8 Å². The van der Waals surface area contributed by atoms with Crippen molar-refractivity contribution in [1.29, 1.82) is 0 Å². The second-order valence-corrected chi connectivity index (χ2v) is 5.87. The zero-order valence-corrected chi connectivity index (χ0v) is 11.7. The van der Waals surface area contributed by atoms with Gasteiger partial charge in [0.1, 0.15) is 11.3 Å². The van der Waals surface area contributed by atoms with Crippen molar-refractivity contribution in [2.24, 2.45) is 11.8 Å². The molecule has 0 spiro atoms. The van der Waals surface area contributed by atoms with E-state index < -0.39 is 11.3 Å². The molecule has 0 rings (SSSR count). The number of halogens is 2. The Bertz CT molecular complexity index is 195. The molecule has 0 aliphatic carbocycles. The van der Waals surface area contributed by atoms with Gasteiger partial charge in [0.2, 0.25) is 0 Å². The van der Waals surface area contributed by atoms with E-state index in [0.29, 0.717) is 12.8 Å². The van der Waals surface area contributed by atoms with Gasteiger partial charge < -0.3 is 0 Å². The van der Waals surface area contributed by atoms with Crippen LogP contribution in [0.1, 0.15) is 67.2 Å². The van der Waals surface area contributed by atoms with Crippen LogP contribution in [0.3, 0.4) is 0 Å². The molecule has 0 amide bonds. The van der Waals surface area contributed by atoms with E-state index in [4.69, 9.17) is 0 Å². The molecule has 0 fully saturated rings. The van der Waals surface area contributed by atoms with E-state index in [1.54, 1.807) is 13.8 Å². The summed E-state index contributed by atoms with van der Waals surface area (Å²) < 4.78 is 27.8. The highest BCUT2D eigenvalue weighted by Gasteiger charge is 2.34. The molecule has 0 aromatic rings. The molecular weight excluding hydrogens is 206 g/mol. The largest absolute Gasteiger partial charge is 0.244 e. The van der Waals surface area contributed by atoms with Gasteiger partial charge in [-0.15, -0.1) is 0 Å². The molecular formula is C14H28F2. The number of alkyl halides is 2. The third-order valence-corrected chi connectivity index (χ3v) is 4.16. The van der Waals surface area contributed by atoms with E-state index in [2.05, 4.69) is 0 Å². The summed E-state index contributed by atoms with van der Waals surface area (Å²) >= 11 is 0. The van der Waals surface area contributed by atoms with Gasteiger partial charge in [-0.1, -0.05) is 27.7 Å². The average Bonchev–Trinajstić information content (AvgIpc) is 2.17. The third-order valence-electron chi connectivity index (χ3n) is 4.16. The third kappa shape index (κ3) is 4.80. The fourth-order valence-corrected chi connectivity index (χ4v) is 1.80. The summed E-state index contributed by atoms with van der Waals surface area (Å²) in [5, 5.41) is 0. The lowest BCUT2D eigenvalue weighted by atomic mass is 9.79. The molecule has 0 aliphatic rings. The Morgan fingerprint density at radius 1 is 1.06 bits per heavy atom. The molecule has 2 unspecified atom stereocenters. The average molecular weight is 234 g/mol. The maximum Gasteiger partial charge on any atom is 0.113 e. The summed E-state index contributed by atoms with van der Waals surface area (Å²) in [5.74, 6) is 0.0191. The standard InChI is InChI=1S/C14H28F2/c1-7-13(5,15)10-8-9-12(4)14(6,16)11(2)3/h11-12H,7-10H2,1-6H3/t12?,13-,14?/m0/s1. The molecule has 0 bridgehead atoms. The van der Waals surface area contributed by atoms with E-state index in [-0.39, 0.29) is 11.8 Å². The number of rotatable bonds is 7. The molecule has 0 aliphatic heterocycles. The Morgan fingerprint density at radius 2 is 1.56 bits per heavy atom. The SMILES string of the molecule is CC[C@](C)(F)CCCC(C)C(C)(F)C(C)C. The van der Waals surface area contributed by atoms with Gasteiger partial charge in [-0.05, 0) is 51.4 Å². The Morgan fingerprint density at radius 3 is 1.94 bits per heavy atom. The van der Waals surface area contributed by atoms with Gasteiger partial charge in [0.25, 0.3) is 0 Å². The topological polar surface area (TPSA) is 0 Å². The lowest BCUT2D eigenvalue weighted by molar-refractivity contribution is 0.0493. The molecule has 0 saturated carbocycles. The van der Waals surface area contributed by atoms with E-state index in [0.717, 1.165) is 12.8 Å². The summed E-state index contributed by atoms with van der Waals surface area (Å²) in [5.41, 5.74) is -2.22. The first-order valence-electron chi connectivity index (χ1n) is 6.51. The van der Waals surface area contributed by atoms with Gasteiger partial charge in [-0.2, -0.15) is 0 Å². The fraction of sp³-hybridized carbons (Fsp3) is 1.00. The first-order valence-corrected chi connectivity index (χ1v) is 6.51. The van der Waals surface area contributed by atoms with Gasteiger partial charge in [0.15, 0.2) is 0 Å². The monoisotopic (exact) mass is 234 g/mol. The second-order valence-electron chi connectivity index (χ2n) is 5.87. The quantitative estimate of drug-likeness (QED) is 0.559. The molecule has 0 N–H and O–H groups in total. The number of hydrogen-bond donors (Lipinski definition) is 0. The van der Waals surface area contributed by atoms with Gasteiger partial charge in [0.05, 0.1) is 0 Å². The van der Waals surface area contributed by atoms with Crippen molar-refractivity contribution in [3.8, 4) is 0 Å². The number of hydrogen-bond acceptors (Lipinski definition) is 0. The van der Waals surface area contributed by atoms with Gasteiger partial charge in [-0.3, -0.25) is 0 Å². The van der Waals surface area contributed by atoms with Crippen LogP contribution in [-0.4, -0.2) is 11.3 Å². The van der Waals surface area contributed by atoms with Gasteiger partial charge >= 0.3 is 0 Å². The molecule has 0 nitrogen and oxygen atoms in total. The predicted molar refractivity (Wildman–Crippen MR) is 67.2 cm³/mol. The lowest BCUT2D eigenvalue weighted by Gasteiger charge is -2.32.